The molecule has 2 fully saturated rings. The van der Waals surface area contributed by atoms with E-state index in [2.05, 4.69) is 10.0 Å². The van der Waals surface area contributed by atoms with Gasteiger partial charge in [0.25, 0.3) is 0 Å². The van der Waals surface area contributed by atoms with E-state index in [0.717, 1.165) is 25.8 Å². The number of carbonyl (C=O) groups is 1. The average Bonchev–Trinajstić information content (AvgIpc) is 2.96. The van der Waals surface area contributed by atoms with Gasteiger partial charge in [0.15, 0.2) is 0 Å². The third-order valence-electron chi connectivity index (χ3n) is 4.69. The Hall–Kier alpha value is -1.11. The van der Waals surface area contributed by atoms with Crippen molar-refractivity contribution in [1.82, 2.24) is 10.0 Å². The molecule has 1 heterocycles. The Balaban J connectivity index is 1.73. The van der Waals surface area contributed by atoms with Crippen molar-refractivity contribution >= 4 is 27.5 Å². The fraction of sp³-hybridized carbons (Fsp3) is 0.533. The number of hydrogen-bond acceptors (Lipinski definition) is 4. The van der Waals surface area contributed by atoms with Crippen LogP contribution in [0.2, 0.25) is 5.02 Å². The van der Waals surface area contributed by atoms with Gasteiger partial charge in [-0.05, 0) is 43.5 Å². The SMILES string of the molecule is O=C(NS(=O)(=O)Cc1cccc(Cl)c1)[C@]12CCC[C@H]1NCC2. The van der Waals surface area contributed by atoms with Gasteiger partial charge in [0, 0.05) is 11.1 Å². The first-order chi connectivity index (χ1) is 10.4. The molecular formula is C15H19ClN2O3S. The lowest BCUT2D eigenvalue weighted by Gasteiger charge is -2.27. The highest BCUT2D eigenvalue weighted by molar-refractivity contribution is 7.89. The second-order valence-corrected chi connectivity index (χ2v) is 8.28. The number of amides is 1. The van der Waals surface area contributed by atoms with E-state index >= 15 is 0 Å². The minimum Gasteiger partial charge on any atom is -0.313 e. The molecule has 0 unspecified atom stereocenters. The summed E-state index contributed by atoms with van der Waals surface area (Å²) >= 11 is 5.86. The Bertz CT molecular complexity index is 680. The van der Waals surface area contributed by atoms with Gasteiger partial charge >= 0.3 is 0 Å². The number of nitrogens with one attached hydrogen (secondary N) is 2. The fourth-order valence-corrected chi connectivity index (χ4v) is 5.04. The van der Waals surface area contributed by atoms with Crippen molar-refractivity contribution in [3.8, 4) is 0 Å². The van der Waals surface area contributed by atoms with Crippen LogP contribution in [0.1, 0.15) is 31.2 Å². The molecule has 5 nitrogen and oxygen atoms in total. The first kappa shape index (κ1) is 15.8. The molecule has 1 saturated carbocycles. The van der Waals surface area contributed by atoms with E-state index in [1.54, 1.807) is 24.3 Å². The van der Waals surface area contributed by atoms with Gasteiger partial charge in [0.05, 0.1) is 11.2 Å². The lowest BCUT2D eigenvalue weighted by molar-refractivity contribution is -0.128. The van der Waals surface area contributed by atoms with Crippen molar-refractivity contribution in [2.45, 2.75) is 37.5 Å². The number of fused-ring (bicyclic) bond motifs is 1. The van der Waals surface area contributed by atoms with E-state index in [1.807, 2.05) is 0 Å². The maximum Gasteiger partial charge on any atom is 0.241 e. The second kappa shape index (κ2) is 5.83. The van der Waals surface area contributed by atoms with Gasteiger partial charge in [-0.3, -0.25) is 9.52 Å². The van der Waals surface area contributed by atoms with Gasteiger partial charge in [0.1, 0.15) is 0 Å². The van der Waals surface area contributed by atoms with Crippen LogP contribution in [0.25, 0.3) is 0 Å². The highest BCUT2D eigenvalue weighted by Gasteiger charge is 2.52. The van der Waals surface area contributed by atoms with Crippen molar-refractivity contribution in [3.05, 3.63) is 34.9 Å². The van der Waals surface area contributed by atoms with Crippen LogP contribution in [-0.2, 0) is 20.6 Å². The van der Waals surface area contributed by atoms with Crippen LogP contribution >= 0.6 is 11.6 Å². The number of hydrogen-bond donors (Lipinski definition) is 2. The first-order valence-corrected chi connectivity index (χ1v) is 9.47. The summed E-state index contributed by atoms with van der Waals surface area (Å²) in [5.41, 5.74) is 0.0133. The molecule has 1 aromatic carbocycles. The molecule has 22 heavy (non-hydrogen) atoms. The van der Waals surface area contributed by atoms with Crippen LogP contribution in [0, 0.1) is 5.41 Å². The third-order valence-corrected chi connectivity index (χ3v) is 6.14. The van der Waals surface area contributed by atoms with Crippen molar-refractivity contribution < 1.29 is 13.2 Å². The standard InChI is InChI=1S/C15H19ClN2O3S/c16-12-4-1-3-11(9-12)10-22(20,21)18-14(19)15-6-2-5-13(15)17-8-7-15/h1,3-4,9,13,17H,2,5-8,10H2,(H,18,19)/t13-,15+/m1/s1. The largest absolute Gasteiger partial charge is 0.313 e. The number of rotatable bonds is 4. The van der Waals surface area contributed by atoms with Gasteiger partial charge in [-0.15, -0.1) is 0 Å². The Labute approximate surface area is 135 Å². The van der Waals surface area contributed by atoms with Crippen LogP contribution in [0.3, 0.4) is 0 Å². The van der Waals surface area contributed by atoms with Gasteiger partial charge in [-0.1, -0.05) is 30.2 Å². The smallest absolute Gasteiger partial charge is 0.241 e. The molecule has 1 aliphatic carbocycles. The molecule has 0 radical (unpaired) electrons. The van der Waals surface area contributed by atoms with E-state index < -0.39 is 15.4 Å². The molecule has 1 aliphatic heterocycles. The summed E-state index contributed by atoms with van der Waals surface area (Å²) in [4.78, 5) is 12.6. The van der Waals surface area contributed by atoms with Crippen molar-refractivity contribution in [2.24, 2.45) is 5.41 Å². The Morgan fingerprint density at radius 1 is 1.41 bits per heavy atom. The van der Waals surface area contributed by atoms with E-state index in [4.69, 9.17) is 11.6 Å². The number of halogens is 1. The molecule has 1 aromatic rings. The highest BCUT2D eigenvalue weighted by atomic mass is 35.5. The fourth-order valence-electron chi connectivity index (χ4n) is 3.65. The molecular weight excluding hydrogens is 324 g/mol. The molecule has 2 aliphatic rings. The summed E-state index contributed by atoms with van der Waals surface area (Å²) in [6, 6.07) is 6.76. The lowest BCUT2D eigenvalue weighted by atomic mass is 9.82. The zero-order valence-electron chi connectivity index (χ0n) is 12.1. The topological polar surface area (TPSA) is 75.3 Å². The van der Waals surface area contributed by atoms with Crippen molar-refractivity contribution in [2.75, 3.05) is 6.54 Å². The summed E-state index contributed by atoms with van der Waals surface area (Å²) in [5.74, 6) is -0.602. The maximum atomic E-state index is 12.6. The molecule has 3 rings (SSSR count). The molecule has 1 saturated heterocycles. The van der Waals surface area contributed by atoms with E-state index in [0.29, 0.717) is 17.0 Å². The van der Waals surface area contributed by atoms with Gasteiger partial charge in [-0.25, -0.2) is 8.42 Å². The molecule has 0 bridgehead atoms. The Kier molecular flexibility index (Phi) is 4.18. The van der Waals surface area contributed by atoms with Crippen LogP contribution < -0.4 is 10.0 Å². The average molecular weight is 343 g/mol. The Morgan fingerprint density at radius 3 is 3.00 bits per heavy atom. The van der Waals surface area contributed by atoms with E-state index in [9.17, 15) is 13.2 Å². The van der Waals surface area contributed by atoms with Crippen molar-refractivity contribution in [1.29, 1.82) is 0 Å². The molecule has 7 heteroatoms. The predicted molar refractivity (Wildman–Crippen MR) is 84.9 cm³/mol. The summed E-state index contributed by atoms with van der Waals surface area (Å²) in [6.07, 6.45) is 3.35. The molecule has 2 atom stereocenters. The van der Waals surface area contributed by atoms with E-state index in [-0.39, 0.29) is 17.7 Å². The third kappa shape index (κ3) is 3.00. The molecule has 0 aromatic heterocycles. The molecule has 2 N–H and O–H groups in total. The summed E-state index contributed by atoms with van der Waals surface area (Å²) in [6.45, 7) is 0.770. The number of sulfonamides is 1. The summed E-state index contributed by atoms with van der Waals surface area (Å²) in [5, 5.41) is 3.79. The van der Waals surface area contributed by atoms with Gasteiger partial charge in [-0.2, -0.15) is 0 Å². The molecule has 120 valence electrons. The van der Waals surface area contributed by atoms with Crippen LogP contribution in [-0.4, -0.2) is 26.9 Å². The molecule has 0 spiro atoms. The minimum atomic E-state index is -3.72. The van der Waals surface area contributed by atoms with Crippen LogP contribution in [0.5, 0.6) is 0 Å². The monoisotopic (exact) mass is 342 g/mol. The quantitative estimate of drug-likeness (QED) is 0.875. The Morgan fingerprint density at radius 2 is 2.23 bits per heavy atom. The molecule has 1 amide bonds. The van der Waals surface area contributed by atoms with Crippen LogP contribution in [0.4, 0.5) is 0 Å². The van der Waals surface area contributed by atoms with E-state index in [1.165, 1.54) is 0 Å². The predicted octanol–water partition coefficient (Wildman–Crippen LogP) is 1.82. The zero-order valence-corrected chi connectivity index (χ0v) is 13.7. The van der Waals surface area contributed by atoms with Crippen molar-refractivity contribution in [3.63, 3.8) is 0 Å². The zero-order chi connectivity index (χ0) is 15.8. The minimum absolute atomic E-state index is 0.105. The highest BCUT2D eigenvalue weighted by Crippen LogP contribution is 2.44. The van der Waals surface area contributed by atoms with Gasteiger partial charge in [0.2, 0.25) is 15.9 Å². The van der Waals surface area contributed by atoms with Gasteiger partial charge < -0.3 is 5.32 Å². The maximum absolute atomic E-state index is 12.6. The summed E-state index contributed by atoms with van der Waals surface area (Å²) < 4.78 is 26.8. The lowest BCUT2D eigenvalue weighted by Crippen LogP contribution is -2.47. The first-order valence-electron chi connectivity index (χ1n) is 7.44. The number of benzene rings is 1. The normalized spacial score (nSPS) is 27.6. The second-order valence-electron chi connectivity index (χ2n) is 6.13. The van der Waals surface area contributed by atoms with Crippen LogP contribution in [0.15, 0.2) is 24.3 Å². The summed E-state index contributed by atoms with van der Waals surface area (Å²) in [7, 11) is -3.72. The number of carbonyl (C=O) groups excluding carboxylic acids is 1.